The van der Waals surface area contributed by atoms with Crippen LogP contribution in [0.15, 0.2) is 54.6 Å². The molecule has 142 valence electrons. The lowest BCUT2D eigenvalue weighted by Crippen LogP contribution is -2.45. The summed E-state index contributed by atoms with van der Waals surface area (Å²) in [5.74, 6) is -2.34. The fourth-order valence-corrected chi connectivity index (χ4v) is 2.97. The molecule has 0 aliphatic carbocycles. The summed E-state index contributed by atoms with van der Waals surface area (Å²) in [4.78, 5) is 36.9. The quantitative estimate of drug-likeness (QED) is 0.403. The minimum atomic E-state index is -0.964. The number of carbonyl (C=O) groups excluding carboxylic acids is 3. The summed E-state index contributed by atoms with van der Waals surface area (Å²) < 4.78 is 1.60. The number of halogens is 1. The number of ketones is 1. The van der Waals surface area contributed by atoms with Gasteiger partial charge in [0.15, 0.2) is 0 Å². The summed E-state index contributed by atoms with van der Waals surface area (Å²) in [6.45, 7) is 3.36. The number of para-hydroxylation sites is 1. The zero-order valence-corrected chi connectivity index (χ0v) is 15.9. The molecule has 0 saturated heterocycles. The molecule has 28 heavy (non-hydrogen) atoms. The number of nitrogens with zero attached hydrogens (tertiary/aromatic N) is 2. The molecule has 2 amide bonds. The molecule has 1 aromatic heterocycles. The molecule has 0 bridgehead atoms. The first kappa shape index (κ1) is 19.3. The average molecular weight is 397 g/mol. The number of amides is 2. The Balaban J connectivity index is 1.74. The summed E-state index contributed by atoms with van der Waals surface area (Å²) in [5.41, 5.74) is 6.52. The van der Waals surface area contributed by atoms with Crippen molar-refractivity contribution in [3.63, 3.8) is 0 Å². The van der Waals surface area contributed by atoms with Gasteiger partial charge in [0.05, 0.1) is 22.6 Å². The van der Waals surface area contributed by atoms with Crippen molar-refractivity contribution in [2.75, 3.05) is 0 Å². The maximum atomic E-state index is 12.6. The second-order valence-corrected chi connectivity index (χ2v) is 6.48. The number of aromatic nitrogens is 2. The van der Waals surface area contributed by atoms with Gasteiger partial charge in [-0.05, 0) is 44.2 Å². The molecule has 8 heteroatoms. The molecule has 1 heterocycles. The van der Waals surface area contributed by atoms with Crippen molar-refractivity contribution in [2.45, 2.75) is 13.8 Å². The van der Waals surface area contributed by atoms with Crippen LogP contribution < -0.4 is 10.9 Å². The third-order valence-electron chi connectivity index (χ3n) is 4.10. The van der Waals surface area contributed by atoms with Crippen LogP contribution in [0.5, 0.6) is 0 Å². The maximum absolute atomic E-state index is 12.6. The average Bonchev–Trinajstić information content (AvgIpc) is 3.00. The van der Waals surface area contributed by atoms with Crippen LogP contribution in [0.1, 0.15) is 32.1 Å². The van der Waals surface area contributed by atoms with Gasteiger partial charge >= 0.3 is 5.91 Å². The molecule has 3 aromatic rings. The number of Topliss-reactive ketones (excluding diaryl/α,β-unsaturated/α-hetero) is 1. The number of hydrogen-bond donors (Lipinski definition) is 2. The van der Waals surface area contributed by atoms with E-state index in [1.807, 2.05) is 30.3 Å². The lowest BCUT2D eigenvalue weighted by molar-refractivity contribution is -0.117. The molecule has 0 aliphatic rings. The number of carbonyl (C=O) groups is 3. The standard InChI is InChI=1S/C20H17ClN4O3/c1-12-17(13(2)25(24-12)16-9-4-3-5-10-16)18(26)20(28)23-22-19(27)14-7-6-8-15(21)11-14/h3-11H,1-2H3,(H,22,27)(H,23,28). The van der Waals surface area contributed by atoms with Crippen LogP contribution >= 0.6 is 11.6 Å². The highest BCUT2D eigenvalue weighted by atomic mass is 35.5. The van der Waals surface area contributed by atoms with Crippen molar-refractivity contribution >= 4 is 29.2 Å². The van der Waals surface area contributed by atoms with Gasteiger partial charge < -0.3 is 0 Å². The van der Waals surface area contributed by atoms with E-state index in [1.54, 1.807) is 30.7 Å². The molecule has 7 nitrogen and oxygen atoms in total. The summed E-state index contributed by atoms with van der Waals surface area (Å²) in [7, 11) is 0. The second-order valence-electron chi connectivity index (χ2n) is 6.04. The highest BCUT2D eigenvalue weighted by Gasteiger charge is 2.25. The predicted octanol–water partition coefficient (Wildman–Crippen LogP) is 2.79. The van der Waals surface area contributed by atoms with Gasteiger partial charge in [-0.25, -0.2) is 4.68 Å². The minimum Gasteiger partial charge on any atom is -0.283 e. The van der Waals surface area contributed by atoms with Gasteiger partial charge in [0.25, 0.3) is 11.7 Å². The van der Waals surface area contributed by atoms with E-state index >= 15 is 0 Å². The first-order chi connectivity index (χ1) is 13.4. The van der Waals surface area contributed by atoms with Crippen LogP contribution in [0, 0.1) is 13.8 Å². The third kappa shape index (κ3) is 3.94. The zero-order valence-electron chi connectivity index (χ0n) is 15.2. The molecule has 0 aliphatic heterocycles. The molecule has 0 unspecified atom stereocenters. The van der Waals surface area contributed by atoms with E-state index in [0.29, 0.717) is 16.4 Å². The van der Waals surface area contributed by atoms with Crippen molar-refractivity contribution in [1.29, 1.82) is 0 Å². The molecular formula is C20H17ClN4O3. The Bertz CT molecular complexity index is 1060. The Kier molecular flexibility index (Phi) is 5.56. The van der Waals surface area contributed by atoms with Crippen LogP contribution in [0.2, 0.25) is 5.02 Å². The van der Waals surface area contributed by atoms with Gasteiger partial charge in [-0.1, -0.05) is 35.9 Å². The van der Waals surface area contributed by atoms with Gasteiger partial charge in [-0.3, -0.25) is 25.2 Å². The van der Waals surface area contributed by atoms with Gasteiger partial charge in [0.1, 0.15) is 0 Å². The van der Waals surface area contributed by atoms with E-state index in [0.717, 1.165) is 5.69 Å². The Morgan fingerprint density at radius 1 is 0.964 bits per heavy atom. The Hall–Kier alpha value is -3.45. The van der Waals surface area contributed by atoms with Gasteiger partial charge in [0, 0.05) is 10.6 Å². The number of nitrogens with one attached hydrogen (secondary N) is 2. The molecule has 0 saturated carbocycles. The zero-order chi connectivity index (χ0) is 20.3. The van der Waals surface area contributed by atoms with E-state index < -0.39 is 17.6 Å². The number of hydrogen-bond acceptors (Lipinski definition) is 4. The van der Waals surface area contributed by atoms with Gasteiger partial charge in [-0.15, -0.1) is 0 Å². The van der Waals surface area contributed by atoms with Gasteiger partial charge in [0.2, 0.25) is 0 Å². The normalized spacial score (nSPS) is 10.4. The highest BCUT2D eigenvalue weighted by Crippen LogP contribution is 2.18. The van der Waals surface area contributed by atoms with Crippen molar-refractivity contribution < 1.29 is 14.4 Å². The first-order valence-electron chi connectivity index (χ1n) is 8.40. The number of aryl methyl sites for hydroxylation is 1. The lowest BCUT2D eigenvalue weighted by atomic mass is 10.1. The van der Waals surface area contributed by atoms with Crippen molar-refractivity contribution in [2.24, 2.45) is 0 Å². The molecule has 2 N–H and O–H groups in total. The van der Waals surface area contributed by atoms with Crippen LogP contribution in [0.4, 0.5) is 0 Å². The largest absolute Gasteiger partial charge is 0.310 e. The molecule has 0 radical (unpaired) electrons. The van der Waals surface area contributed by atoms with Crippen LogP contribution in [-0.4, -0.2) is 27.4 Å². The van der Waals surface area contributed by atoms with Gasteiger partial charge in [-0.2, -0.15) is 5.10 Å². The number of hydrazine groups is 1. The smallest absolute Gasteiger partial charge is 0.283 e. The first-order valence-corrected chi connectivity index (χ1v) is 8.78. The number of benzene rings is 2. The summed E-state index contributed by atoms with van der Waals surface area (Å²) in [6.07, 6.45) is 0. The van der Waals surface area contributed by atoms with E-state index in [2.05, 4.69) is 16.0 Å². The monoisotopic (exact) mass is 396 g/mol. The topological polar surface area (TPSA) is 93.1 Å². The minimum absolute atomic E-state index is 0.193. The Morgan fingerprint density at radius 3 is 2.36 bits per heavy atom. The van der Waals surface area contributed by atoms with Crippen molar-refractivity contribution in [1.82, 2.24) is 20.6 Å². The molecule has 0 spiro atoms. The maximum Gasteiger partial charge on any atom is 0.310 e. The van der Waals surface area contributed by atoms with E-state index in [4.69, 9.17) is 11.6 Å². The molecule has 3 rings (SSSR count). The predicted molar refractivity (Wildman–Crippen MR) is 104 cm³/mol. The van der Waals surface area contributed by atoms with E-state index in [9.17, 15) is 14.4 Å². The van der Waals surface area contributed by atoms with Crippen LogP contribution in [0.25, 0.3) is 5.69 Å². The van der Waals surface area contributed by atoms with Crippen molar-refractivity contribution in [3.8, 4) is 5.69 Å². The van der Waals surface area contributed by atoms with Crippen LogP contribution in [0.3, 0.4) is 0 Å². The van der Waals surface area contributed by atoms with Crippen LogP contribution in [-0.2, 0) is 4.79 Å². The summed E-state index contributed by atoms with van der Waals surface area (Å²) in [6, 6.07) is 15.5. The fraction of sp³-hybridized carbons (Fsp3) is 0.100. The van der Waals surface area contributed by atoms with E-state index in [-0.39, 0.29) is 11.1 Å². The molecular weight excluding hydrogens is 380 g/mol. The molecule has 0 fully saturated rings. The Labute approximate surface area is 166 Å². The molecule has 2 aromatic carbocycles. The third-order valence-corrected chi connectivity index (χ3v) is 4.34. The molecule has 0 atom stereocenters. The highest BCUT2D eigenvalue weighted by molar-refractivity contribution is 6.43. The fourth-order valence-electron chi connectivity index (χ4n) is 2.78. The summed E-state index contributed by atoms with van der Waals surface area (Å²) >= 11 is 5.84. The van der Waals surface area contributed by atoms with Crippen molar-refractivity contribution in [3.05, 3.63) is 82.1 Å². The SMILES string of the molecule is Cc1nn(-c2ccccc2)c(C)c1C(=O)C(=O)NNC(=O)c1cccc(Cl)c1. The lowest BCUT2D eigenvalue weighted by Gasteiger charge is -2.08. The summed E-state index contributed by atoms with van der Waals surface area (Å²) in [5, 5.41) is 4.73. The number of rotatable bonds is 4. The Morgan fingerprint density at radius 2 is 1.68 bits per heavy atom. The second kappa shape index (κ2) is 8.06. The van der Waals surface area contributed by atoms with E-state index in [1.165, 1.54) is 12.1 Å².